The van der Waals surface area contributed by atoms with Gasteiger partial charge < -0.3 is 25.4 Å². The second-order valence-corrected chi connectivity index (χ2v) is 8.01. The van der Waals surface area contributed by atoms with Crippen LogP contribution in [0.4, 0.5) is 0 Å². The van der Waals surface area contributed by atoms with Crippen molar-refractivity contribution in [1.82, 2.24) is 16.0 Å². The number of nitrogens with one attached hydrogen (secondary N) is 3. The number of guanidine groups is 1. The Hall–Kier alpha value is -2.44. The maximum absolute atomic E-state index is 12.0. The number of amides is 1. The summed E-state index contributed by atoms with van der Waals surface area (Å²) in [5.41, 5.74) is 0.474. The molecule has 1 aromatic carbocycles. The standard InChI is InChI=1S/C22H36N4O3/c1-6-24-21(26-15-22(2,3)20(27)23-4)25-14-16-11-12-18(28-5)13-19(16)29-17-9-7-8-10-17/h11-13,17H,6-10,14-15H2,1-5H3,(H,23,27)(H2,24,25,26). The van der Waals surface area contributed by atoms with Gasteiger partial charge in [-0.15, -0.1) is 0 Å². The van der Waals surface area contributed by atoms with Gasteiger partial charge in [-0.2, -0.15) is 0 Å². The summed E-state index contributed by atoms with van der Waals surface area (Å²) in [4.78, 5) is 16.7. The van der Waals surface area contributed by atoms with Crippen LogP contribution in [0.3, 0.4) is 0 Å². The lowest BCUT2D eigenvalue weighted by molar-refractivity contribution is -0.128. The minimum Gasteiger partial charge on any atom is -0.497 e. The predicted octanol–water partition coefficient (Wildman–Crippen LogP) is 2.84. The van der Waals surface area contributed by atoms with Crippen LogP contribution in [0.2, 0.25) is 0 Å². The zero-order chi connectivity index (χ0) is 21.3. The van der Waals surface area contributed by atoms with Crippen molar-refractivity contribution >= 4 is 11.9 Å². The molecule has 1 saturated carbocycles. The van der Waals surface area contributed by atoms with E-state index in [1.807, 2.05) is 39.0 Å². The van der Waals surface area contributed by atoms with Crippen LogP contribution in [0.5, 0.6) is 11.5 Å². The highest BCUT2D eigenvalue weighted by atomic mass is 16.5. The van der Waals surface area contributed by atoms with Crippen LogP contribution in [0.25, 0.3) is 0 Å². The molecule has 0 atom stereocenters. The molecule has 0 spiro atoms. The topological polar surface area (TPSA) is 84.0 Å². The molecule has 0 bridgehead atoms. The van der Waals surface area contributed by atoms with E-state index >= 15 is 0 Å². The lowest BCUT2D eigenvalue weighted by Crippen LogP contribution is -2.47. The quantitative estimate of drug-likeness (QED) is 0.435. The van der Waals surface area contributed by atoms with Crippen molar-refractivity contribution in [1.29, 1.82) is 0 Å². The van der Waals surface area contributed by atoms with E-state index in [0.29, 0.717) is 19.0 Å². The predicted molar refractivity (Wildman–Crippen MR) is 117 cm³/mol. The third-order valence-corrected chi connectivity index (χ3v) is 5.16. The average Bonchev–Trinajstić information content (AvgIpc) is 3.23. The highest BCUT2D eigenvalue weighted by Gasteiger charge is 2.26. The van der Waals surface area contributed by atoms with Gasteiger partial charge in [0.1, 0.15) is 11.5 Å². The van der Waals surface area contributed by atoms with Crippen molar-refractivity contribution in [2.24, 2.45) is 10.4 Å². The number of methoxy groups -OCH3 is 1. The summed E-state index contributed by atoms with van der Waals surface area (Å²) in [5.74, 6) is 2.28. The van der Waals surface area contributed by atoms with E-state index in [1.54, 1.807) is 14.2 Å². The van der Waals surface area contributed by atoms with Gasteiger partial charge >= 0.3 is 0 Å². The van der Waals surface area contributed by atoms with Gasteiger partial charge in [-0.05, 0) is 58.6 Å². The number of benzene rings is 1. The molecule has 7 heteroatoms. The summed E-state index contributed by atoms with van der Waals surface area (Å²) >= 11 is 0. The number of aliphatic imine (C=N–C) groups is 1. The fraction of sp³-hybridized carbons (Fsp3) is 0.636. The van der Waals surface area contributed by atoms with E-state index in [4.69, 9.17) is 14.5 Å². The van der Waals surface area contributed by atoms with Crippen LogP contribution in [0.15, 0.2) is 23.2 Å². The molecule has 29 heavy (non-hydrogen) atoms. The smallest absolute Gasteiger partial charge is 0.227 e. The summed E-state index contributed by atoms with van der Waals surface area (Å²) in [7, 11) is 3.31. The first kappa shape index (κ1) is 22.8. The van der Waals surface area contributed by atoms with Gasteiger partial charge in [-0.3, -0.25) is 4.79 Å². The Balaban J connectivity index is 2.11. The van der Waals surface area contributed by atoms with Gasteiger partial charge in [0.25, 0.3) is 0 Å². The highest BCUT2D eigenvalue weighted by Crippen LogP contribution is 2.30. The van der Waals surface area contributed by atoms with E-state index in [9.17, 15) is 4.79 Å². The molecular weight excluding hydrogens is 368 g/mol. The van der Waals surface area contributed by atoms with Gasteiger partial charge in [0.2, 0.25) is 5.91 Å². The second kappa shape index (κ2) is 10.9. The first-order chi connectivity index (χ1) is 13.9. The molecule has 1 aliphatic rings. The van der Waals surface area contributed by atoms with Crippen molar-refractivity contribution in [3.8, 4) is 11.5 Å². The molecule has 1 fully saturated rings. The zero-order valence-corrected chi connectivity index (χ0v) is 18.4. The third-order valence-electron chi connectivity index (χ3n) is 5.16. The summed E-state index contributed by atoms with van der Waals surface area (Å²) in [5, 5.41) is 9.22. The van der Waals surface area contributed by atoms with Crippen molar-refractivity contribution < 1.29 is 14.3 Å². The fourth-order valence-electron chi connectivity index (χ4n) is 3.32. The van der Waals surface area contributed by atoms with Crippen LogP contribution in [-0.4, -0.2) is 45.2 Å². The molecule has 3 N–H and O–H groups in total. The van der Waals surface area contributed by atoms with E-state index in [0.717, 1.165) is 36.4 Å². The first-order valence-electron chi connectivity index (χ1n) is 10.5. The Bertz CT molecular complexity index is 697. The number of ether oxygens (including phenoxy) is 2. The number of carbonyl (C=O) groups is 1. The van der Waals surface area contributed by atoms with Crippen LogP contribution in [-0.2, 0) is 11.3 Å². The summed E-state index contributed by atoms with van der Waals surface area (Å²) < 4.78 is 11.6. The van der Waals surface area contributed by atoms with Crippen LogP contribution in [0.1, 0.15) is 52.0 Å². The largest absolute Gasteiger partial charge is 0.497 e. The Morgan fingerprint density at radius 2 is 1.97 bits per heavy atom. The maximum atomic E-state index is 12.0. The number of hydrogen-bond donors (Lipinski definition) is 3. The molecular formula is C22H36N4O3. The van der Waals surface area contributed by atoms with Crippen molar-refractivity contribution in [3.05, 3.63) is 23.8 Å². The molecule has 0 aliphatic heterocycles. The SMILES string of the molecule is CCNC(=NCc1ccc(OC)cc1OC1CCCC1)NCC(C)(C)C(=O)NC. The zero-order valence-electron chi connectivity index (χ0n) is 18.4. The summed E-state index contributed by atoms with van der Waals surface area (Å²) in [6, 6.07) is 5.88. The van der Waals surface area contributed by atoms with E-state index in [1.165, 1.54) is 12.8 Å². The summed E-state index contributed by atoms with van der Waals surface area (Å²) in [6.07, 6.45) is 4.90. The van der Waals surface area contributed by atoms with Gasteiger partial charge in [-0.25, -0.2) is 4.99 Å². The molecule has 1 aromatic rings. The molecule has 7 nitrogen and oxygen atoms in total. The van der Waals surface area contributed by atoms with Gasteiger partial charge in [0, 0.05) is 31.8 Å². The number of nitrogens with zero attached hydrogens (tertiary/aromatic N) is 1. The Morgan fingerprint density at radius 3 is 2.59 bits per heavy atom. The van der Waals surface area contributed by atoms with Crippen LogP contribution < -0.4 is 25.4 Å². The van der Waals surface area contributed by atoms with E-state index < -0.39 is 5.41 Å². The first-order valence-corrected chi connectivity index (χ1v) is 10.5. The highest BCUT2D eigenvalue weighted by molar-refractivity contribution is 5.84. The molecule has 1 amide bonds. The molecule has 2 rings (SSSR count). The molecule has 0 heterocycles. The average molecular weight is 405 g/mol. The minimum absolute atomic E-state index is 0.0109. The lowest BCUT2D eigenvalue weighted by atomic mass is 9.92. The number of carbonyl (C=O) groups excluding carboxylic acids is 1. The van der Waals surface area contributed by atoms with Gasteiger partial charge in [0.15, 0.2) is 5.96 Å². The maximum Gasteiger partial charge on any atom is 0.227 e. The number of rotatable bonds is 9. The van der Waals surface area contributed by atoms with Crippen LogP contribution in [0, 0.1) is 5.41 Å². The van der Waals surface area contributed by atoms with Crippen molar-refractivity contribution in [2.45, 2.75) is 59.1 Å². The normalized spacial score (nSPS) is 15.1. The lowest BCUT2D eigenvalue weighted by Gasteiger charge is -2.24. The third kappa shape index (κ3) is 6.84. The molecule has 1 aliphatic carbocycles. The van der Waals surface area contributed by atoms with Gasteiger partial charge in [0.05, 0.1) is 25.2 Å². The Morgan fingerprint density at radius 1 is 1.24 bits per heavy atom. The number of hydrogen-bond acceptors (Lipinski definition) is 4. The monoisotopic (exact) mass is 404 g/mol. The Labute approximate surface area is 174 Å². The Kier molecular flexibility index (Phi) is 8.61. The van der Waals surface area contributed by atoms with Crippen molar-refractivity contribution in [3.63, 3.8) is 0 Å². The van der Waals surface area contributed by atoms with Crippen molar-refractivity contribution in [2.75, 3.05) is 27.2 Å². The van der Waals surface area contributed by atoms with Gasteiger partial charge in [-0.1, -0.05) is 0 Å². The molecule has 0 aromatic heterocycles. The molecule has 0 saturated heterocycles. The fourth-order valence-corrected chi connectivity index (χ4v) is 3.32. The molecule has 0 radical (unpaired) electrons. The molecule has 0 unspecified atom stereocenters. The second-order valence-electron chi connectivity index (χ2n) is 8.01. The van der Waals surface area contributed by atoms with E-state index in [-0.39, 0.29) is 12.0 Å². The summed E-state index contributed by atoms with van der Waals surface area (Å²) in [6.45, 7) is 7.51. The van der Waals surface area contributed by atoms with E-state index in [2.05, 4.69) is 16.0 Å². The molecule has 162 valence electrons. The minimum atomic E-state index is -0.540. The van der Waals surface area contributed by atoms with Crippen LogP contribution >= 0.6 is 0 Å².